The number of hydrogen-bond donors (Lipinski definition) is 1. The largest absolute Gasteiger partial charge is 0.497 e. The van der Waals surface area contributed by atoms with E-state index >= 15 is 0 Å². The summed E-state index contributed by atoms with van der Waals surface area (Å²) in [5.41, 5.74) is 6.27. The molecule has 0 radical (unpaired) electrons. The predicted molar refractivity (Wildman–Crippen MR) is 138 cm³/mol. The summed E-state index contributed by atoms with van der Waals surface area (Å²) in [5.74, 6) is 1.13. The standard InChI is InChI=1S/C29H27NO5/c1-17(14-27(32)30-22-10-6-20(7-11-22)19(3)31)24-15-25-26(21-8-12-23(33-4)13-9-21)16-35-29(25)18(2)28(24)34-5/h6-16H,1-5H3,(H,30,32)/b17-14+. The average Bonchev–Trinajstić information content (AvgIpc) is 3.28. The van der Waals surface area contributed by atoms with Gasteiger partial charge in [-0.25, -0.2) is 0 Å². The van der Waals surface area contributed by atoms with Crippen molar-refractivity contribution < 1.29 is 23.5 Å². The molecule has 35 heavy (non-hydrogen) atoms. The number of Topliss-reactive ketones (excluding diaryl/α,β-unsaturated/α-hetero) is 1. The summed E-state index contributed by atoms with van der Waals surface area (Å²) in [7, 11) is 3.24. The number of allylic oxidation sites excluding steroid dienone is 1. The fourth-order valence-electron chi connectivity index (χ4n) is 4.11. The van der Waals surface area contributed by atoms with Crippen LogP contribution in [0.25, 0.3) is 27.7 Å². The van der Waals surface area contributed by atoms with Crippen molar-refractivity contribution in [3.63, 3.8) is 0 Å². The van der Waals surface area contributed by atoms with Crippen molar-refractivity contribution in [2.45, 2.75) is 20.8 Å². The predicted octanol–water partition coefficient (Wildman–Crippen LogP) is 6.67. The lowest BCUT2D eigenvalue weighted by atomic mass is 9.96. The number of nitrogens with one attached hydrogen (secondary N) is 1. The van der Waals surface area contributed by atoms with Crippen LogP contribution in [0.15, 0.2) is 71.4 Å². The fourth-order valence-corrected chi connectivity index (χ4v) is 4.11. The molecule has 0 atom stereocenters. The van der Waals surface area contributed by atoms with Crippen molar-refractivity contribution in [3.8, 4) is 22.6 Å². The smallest absolute Gasteiger partial charge is 0.248 e. The highest BCUT2D eigenvalue weighted by atomic mass is 16.5. The summed E-state index contributed by atoms with van der Waals surface area (Å²) in [5, 5.41) is 3.77. The summed E-state index contributed by atoms with van der Waals surface area (Å²) >= 11 is 0. The number of benzene rings is 3. The molecule has 0 fully saturated rings. The van der Waals surface area contributed by atoms with Crippen molar-refractivity contribution in [2.24, 2.45) is 0 Å². The molecule has 6 heteroatoms. The lowest BCUT2D eigenvalue weighted by Crippen LogP contribution is -2.09. The molecule has 1 aromatic heterocycles. The molecule has 0 unspecified atom stereocenters. The topological polar surface area (TPSA) is 77.8 Å². The van der Waals surface area contributed by atoms with Crippen LogP contribution in [0.3, 0.4) is 0 Å². The van der Waals surface area contributed by atoms with Crippen molar-refractivity contribution >= 4 is 33.9 Å². The number of carbonyl (C=O) groups excluding carboxylic acids is 2. The second-order valence-electron chi connectivity index (χ2n) is 8.29. The summed E-state index contributed by atoms with van der Waals surface area (Å²) in [6.45, 7) is 5.32. The molecule has 0 spiro atoms. The first-order chi connectivity index (χ1) is 16.8. The van der Waals surface area contributed by atoms with E-state index in [2.05, 4.69) is 5.32 Å². The van der Waals surface area contributed by atoms with E-state index in [1.807, 2.05) is 44.2 Å². The number of aryl methyl sites for hydroxylation is 1. The van der Waals surface area contributed by atoms with Gasteiger partial charge in [0, 0.05) is 39.4 Å². The molecular weight excluding hydrogens is 442 g/mol. The molecule has 0 bridgehead atoms. The molecule has 0 aliphatic heterocycles. The van der Waals surface area contributed by atoms with Gasteiger partial charge in [0.25, 0.3) is 0 Å². The van der Waals surface area contributed by atoms with Crippen molar-refractivity contribution in [1.29, 1.82) is 0 Å². The second kappa shape index (κ2) is 9.89. The highest BCUT2D eigenvalue weighted by molar-refractivity contribution is 6.06. The van der Waals surface area contributed by atoms with Crippen LogP contribution in [-0.4, -0.2) is 25.9 Å². The lowest BCUT2D eigenvalue weighted by Gasteiger charge is -2.13. The van der Waals surface area contributed by atoms with E-state index < -0.39 is 0 Å². The third-order valence-electron chi connectivity index (χ3n) is 5.98. The van der Waals surface area contributed by atoms with E-state index in [1.54, 1.807) is 44.7 Å². The first kappa shape index (κ1) is 23.8. The summed E-state index contributed by atoms with van der Waals surface area (Å²) in [6, 6.07) is 16.6. The van der Waals surface area contributed by atoms with Gasteiger partial charge in [-0.05, 0) is 74.4 Å². The number of ether oxygens (including phenoxy) is 2. The summed E-state index contributed by atoms with van der Waals surface area (Å²) in [4.78, 5) is 24.2. The van der Waals surface area contributed by atoms with Crippen molar-refractivity contribution in [3.05, 3.63) is 83.6 Å². The van der Waals surface area contributed by atoms with Gasteiger partial charge in [-0.1, -0.05) is 12.1 Å². The van der Waals surface area contributed by atoms with Gasteiger partial charge in [-0.3, -0.25) is 9.59 Å². The van der Waals surface area contributed by atoms with E-state index in [0.717, 1.165) is 44.5 Å². The Balaban J connectivity index is 1.70. The van der Waals surface area contributed by atoms with E-state index in [1.165, 1.54) is 13.0 Å². The molecule has 6 nitrogen and oxygen atoms in total. The van der Waals surface area contributed by atoms with Crippen LogP contribution in [-0.2, 0) is 4.79 Å². The van der Waals surface area contributed by atoms with Gasteiger partial charge in [-0.15, -0.1) is 0 Å². The molecular formula is C29H27NO5. The molecule has 1 amide bonds. The maximum Gasteiger partial charge on any atom is 0.248 e. The molecule has 1 N–H and O–H groups in total. The van der Waals surface area contributed by atoms with E-state index in [-0.39, 0.29) is 11.7 Å². The molecule has 4 aromatic rings. The highest BCUT2D eigenvalue weighted by Gasteiger charge is 2.19. The number of hydrogen-bond acceptors (Lipinski definition) is 5. The van der Waals surface area contributed by atoms with Gasteiger partial charge >= 0.3 is 0 Å². The number of methoxy groups -OCH3 is 2. The summed E-state index contributed by atoms with van der Waals surface area (Å²) < 4.78 is 16.9. The Morgan fingerprint density at radius 3 is 2.23 bits per heavy atom. The Kier molecular flexibility index (Phi) is 6.73. The van der Waals surface area contributed by atoms with Gasteiger partial charge in [0.05, 0.1) is 20.5 Å². The van der Waals surface area contributed by atoms with Crippen LogP contribution in [0.5, 0.6) is 11.5 Å². The second-order valence-corrected chi connectivity index (χ2v) is 8.29. The molecule has 178 valence electrons. The molecule has 3 aromatic carbocycles. The van der Waals surface area contributed by atoms with Crippen LogP contribution in [0.2, 0.25) is 0 Å². The highest BCUT2D eigenvalue weighted by Crippen LogP contribution is 2.40. The maximum absolute atomic E-state index is 12.7. The minimum atomic E-state index is -0.277. The van der Waals surface area contributed by atoms with Crippen LogP contribution in [0, 0.1) is 6.92 Å². The third-order valence-corrected chi connectivity index (χ3v) is 5.98. The Bertz CT molecular complexity index is 1430. The number of carbonyl (C=O) groups is 2. The fraction of sp³-hybridized carbons (Fsp3) is 0.172. The maximum atomic E-state index is 12.7. The minimum Gasteiger partial charge on any atom is -0.497 e. The van der Waals surface area contributed by atoms with Crippen molar-refractivity contribution in [1.82, 2.24) is 0 Å². The number of furan rings is 1. The first-order valence-corrected chi connectivity index (χ1v) is 11.2. The van der Waals surface area contributed by atoms with Crippen LogP contribution in [0.1, 0.15) is 35.3 Å². The minimum absolute atomic E-state index is 0.0234. The lowest BCUT2D eigenvalue weighted by molar-refractivity contribution is -0.111. The number of amides is 1. The number of anilines is 1. The Hall–Kier alpha value is -4.32. The number of rotatable bonds is 7. The van der Waals surface area contributed by atoms with Gasteiger partial charge in [0.2, 0.25) is 5.91 Å². The monoisotopic (exact) mass is 469 g/mol. The van der Waals surface area contributed by atoms with E-state index in [4.69, 9.17) is 13.9 Å². The zero-order chi connectivity index (χ0) is 25.1. The molecule has 0 saturated heterocycles. The Labute approximate surface area is 204 Å². The molecule has 4 rings (SSSR count). The molecule has 1 heterocycles. The van der Waals surface area contributed by atoms with Crippen LogP contribution in [0.4, 0.5) is 5.69 Å². The summed E-state index contributed by atoms with van der Waals surface area (Å²) in [6.07, 6.45) is 3.27. The quantitative estimate of drug-likeness (QED) is 0.242. The van der Waals surface area contributed by atoms with Gasteiger partial charge in [0.1, 0.15) is 17.1 Å². The van der Waals surface area contributed by atoms with Gasteiger partial charge in [0.15, 0.2) is 5.78 Å². The SMILES string of the molecule is COc1ccc(-c2coc3c(C)c(OC)c(/C(C)=C/C(=O)Nc4ccc(C(C)=O)cc4)cc23)cc1. The van der Waals surface area contributed by atoms with Crippen LogP contribution >= 0.6 is 0 Å². The Morgan fingerprint density at radius 1 is 0.943 bits per heavy atom. The normalized spacial score (nSPS) is 11.4. The zero-order valence-electron chi connectivity index (χ0n) is 20.4. The average molecular weight is 470 g/mol. The molecule has 0 aliphatic carbocycles. The van der Waals surface area contributed by atoms with Crippen molar-refractivity contribution in [2.75, 3.05) is 19.5 Å². The third kappa shape index (κ3) is 4.82. The first-order valence-electron chi connectivity index (χ1n) is 11.2. The van der Waals surface area contributed by atoms with Crippen LogP contribution < -0.4 is 14.8 Å². The van der Waals surface area contributed by atoms with Gasteiger partial charge in [-0.2, -0.15) is 0 Å². The number of fused-ring (bicyclic) bond motifs is 1. The van der Waals surface area contributed by atoms with E-state index in [0.29, 0.717) is 17.0 Å². The Morgan fingerprint density at radius 2 is 1.63 bits per heavy atom. The zero-order valence-corrected chi connectivity index (χ0v) is 20.4. The van der Waals surface area contributed by atoms with E-state index in [9.17, 15) is 9.59 Å². The van der Waals surface area contributed by atoms with Gasteiger partial charge < -0.3 is 19.2 Å². The number of ketones is 1. The molecule has 0 aliphatic rings. The molecule has 0 saturated carbocycles.